The highest BCUT2D eigenvalue weighted by molar-refractivity contribution is 7.19. The Labute approximate surface area is 147 Å². The average Bonchev–Trinajstić information content (AvgIpc) is 3.09. The lowest BCUT2D eigenvalue weighted by Gasteiger charge is -2.32. The molecule has 3 aromatic rings. The van der Waals surface area contributed by atoms with Crippen LogP contribution in [0.4, 0.5) is 5.13 Å². The number of hydrogen-bond acceptors (Lipinski definition) is 4. The highest BCUT2D eigenvalue weighted by Crippen LogP contribution is 2.40. The summed E-state index contributed by atoms with van der Waals surface area (Å²) >= 11 is 1.81. The van der Waals surface area contributed by atoms with E-state index in [0.29, 0.717) is 0 Å². The van der Waals surface area contributed by atoms with Crippen LogP contribution >= 0.6 is 11.3 Å². The summed E-state index contributed by atoms with van der Waals surface area (Å²) in [6.45, 7) is 4.29. The maximum absolute atomic E-state index is 5.03. The van der Waals surface area contributed by atoms with E-state index in [4.69, 9.17) is 4.98 Å². The van der Waals surface area contributed by atoms with Crippen molar-refractivity contribution in [1.29, 1.82) is 0 Å². The second-order valence-electron chi connectivity index (χ2n) is 6.20. The lowest BCUT2D eigenvalue weighted by Crippen LogP contribution is -2.44. The van der Waals surface area contributed by atoms with Crippen LogP contribution in [0, 0.1) is 0 Å². The monoisotopic (exact) mass is 335 g/mol. The number of rotatable bonds is 3. The molecule has 3 nitrogen and oxygen atoms in total. The van der Waals surface area contributed by atoms with Gasteiger partial charge >= 0.3 is 0 Å². The molecule has 0 unspecified atom stereocenters. The van der Waals surface area contributed by atoms with Crippen LogP contribution in [-0.4, -0.2) is 43.1 Å². The van der Waals surface area contributed by atoms with Gasteiger partial charge in [0.2, 0.25) is 0 Å². The number of anilines is 1. The summed E-state index contributed by atoms with van der Waals surface area (Å²) in [6, 6.07) is 21.1. The Morgan fingerprint density at radius 1 is 0.792 bits per heavy atom. The van der Waals surface area contributed by atoms with Gasteiger partial charge < -0.3 is 9.80 Å². The third-order valence-electron chi connectivity index (χ3n) is 4.47. The van der Waals surface area contributed by atoms with Gasteiger partial charge in [-0.3, -0.25) is 0 Å². The van der Waals surface area contributed by atoms with E-state index in [9.17, 15) is 0 Å². The van der Waals surface area contributed by atoms with Crippen LogP contribution in [0.3, 0.4) is 0 Å². The first-order valence-electron chi connectivity index (χ1n) is 8.36. The van der Waals surface area contributed by atoms with Gasteiger partial charge in [0.1, 0.15) is 0 Å². The van der Waals surface area contributed by atoms with E-state index in [2.05, 4.69) is 77.5 Å². The Morgan fingerprint density at radius 3 is 2.00 bits per heavy atom. The van der Waals surface area contributed by atoms with Crippen molar-refractivity contribution in [2.24, 2.45) is 0 Å². The molecular weight excluding hydrogens is 314 g/mol. The zero-order valence-electron chi connectivity index (χ0n) is 13.9. The fourth-order valence-corrected chi connectivity index (χ4v) is 4.16. The van der Waals surface area contributed by atoms with Gasteiger partial charge in [-0.2, -0.15) is 0 Å². The van der Waals surface area contributed by atoms with Gasteiger partial charge in [-0.25, -0.2) is 4.98 Å². The van der Waals surface area contributed by atoms with Gasteiger partial charge in [0.05, 0.1) is 10.6 Å². The molecule has 0 atom stereocenters. The number of hydrogen-bond donors (Lipinski definition) is 0. The lowest BCUT2D eigenvalue weighted by atomic mass is 10.1. The van der Waals surface area contributed by atoms with Crippen LogP contribution in [0.2, 0.25) is 0 Å². The summed E-state index contributed by atoms with van der Waals surface area (Å²) in [4.78, 5) is 11.1. The minimum Gasteiger partial charge on any atom is -0.345 e. The quantitative estimate of drug-likeness (QED) is 0.714. The second-order valence-corrected chi connectivity index (χ2v) is 7.17. The first kappa shape index (κ1) is 15.4. The molecule has 0 radical (unpaired) electrons. The zero-order chi connectivity index (χ0) is 16.4. The van der Waals surface area contributed by atoms with E-state index in [1.54, 1.807) is 0 Å². The molecule has 0 N–H and O–H groups in total. The van der Waals surface area contributed by atoms with Crippen LogP contribution in [-0.2, 0) is 0 Å². The number of aromatic nitrogens is 1. The molecule has 2 aromatic carbocycles. The number of piperazine rings is 1. The Morgan fingerprint density at radius 2 is 1.38 bits per heavy atom. The number of thiazole rings is 1. The largest absolute Gasteiger partial charge is 0.345 e. The minimum atomic E-state index is 1.05. The zero-order valence-corrected chi connectivity index (χ0v) is 14.7. The average molecular weight is 335 g/mol. The molecule has 1 aromatic heterocycles. The SMILES string of the molecule is CN1CCN(c2nc(-c3ccccc3)c(-c3ccccc3)s2)CC1. The first-order chi connectivity index (χ1) is 11.8. The molecule has 0 spiro atoms. The molecule has 0 amide bonds. The Hall–Kier alpha value is -2.17. The fraction of sp³-hybridized carbons (Fsp3) is 0.250. The minimum absolute atomic E-state index is 1.05. The molecule has 1 aliphatic rings. The summed E-state index contributed by atoms with van der Waals surface area (Å²) in [5.74, 6) is 0. The standard InChI is InChI=1S/C20H21N3S/c1-22-12-14-23(15-13-22)20-21-18(16-8-4-2-5-9-16)19(24-20)17-10-6-3-7-11-17/h2-11H,12-15H2,1H3. The van der Waals surface area contributed by atoms with Gasteiger partial charge in [0.25, 0.3) is 0 Å². The summed E-state index contributed by atoms with van der Waals surface area (Å²) in [5, 5.41) is 1.14. The normalized spacial score (nSPS) is 15.6. The highest BCUT2D eigenvalue weighted by Gasteiger charge is 2.21. The Balaban J connectivity index is 1.76. The van der Waals surface area contributed by atoms with Crippen LogP contribution in [0.25, 0.3) is 21.7 Å². The predicted molar refractivity (Wildman–Crippen MR) is 103 cm³/mol. The molecule has 122 valence electrons. The fourth-order valence-electron chi connectivity index (χ4n) is 3.02. The van der Waals surface area contributed by atoms with Crippen LogP contribution in [0.15, 0.2) is 60.7 Å². The molecule has 0 bridgehead atoms. The number of likely N-dealkylation sites (N-methyl/N-ethyl adjacent to an activating group) is 1. The third-order valence-corrected chi connectivity index (χ3v) is 5.64. The maximum Gasteiger partial charge on any atom is 0.186 e. The van der Waals surface area contributed by atoms with E-state index >= 15 is 0 Å². The second kappa shape index (κ2) is 6.75. The Bertz CT molecular complexity index is 733. The molecule has 4 rings (SSSR count). The van der Waals surface area contributed by atoms with Gasteiger partial charge in [-0.15, -0.1) is 0 Å². The molecule has 0 aliphatic carbocycles. The van der Waals surface area contributed by atoms with Gasteiger partial charge in [-0.05, 0) is 12.6 Å². The number of benzene rings is 2. The van der Waals surface area contributed by atoms with E-state index in [0.717, 1.165) is 37.0 Å². The molecule has 4 heteroatoms. The maximum atomic E-state index is 5.03. The summed E-state index contributed by atoms with van der Waals surface area (Å²) in [7, 11) is 2.18. The van der Waals surface area contributed by atoms with Crippen molar-refractivity contribution < 1.29 is 0 Å². The highest BCUT2D eigenvalue weighted by atomic mass is 32.1. The van der Waals surface area contributed by atoms with Crippen molar-refractivity contribution in [2.45, 2.75) is 0 Å². The summed E-state index contributed by atoms with van der Waals surface area (Å²) < 4.78 is 0. The van der Waals surface area contributed by atoms with Crippen molar-refractivity contribution in [1.82, 2.24) is 9.88 Å². The van der Waals surface area contributed by atoms with E-state index in [-0.39, 0.29) is 0 Å². The van der Waals surface area contributed by atoms with Crippen molar-refractivity contribution >= 4 is 16.5 Å². The van der Waals surface area contributed by atoms with Gasteiger partial charge in [0.15, 0.2) is 5.13 Å². The van der Waals surface area contributed by atoms with Gasteiger partial charge in [0, 0.05) is 31.7 Å². The third kappa shape index (κ3) is 3.07. The lowest BCUT2D eigenvalue weighted by molar-refractivity contribution is 0.313. The molecule has 2 heterocycles. The molecule has 1 fully saturated rings. The summed E-state index contributed by atoms with van der Waals surface area (Å²) in [6.07, 6.45) is 0. The molecule has 24 heavy (non-hydrogen) atoms. The van der Waals surface area contributed by atoms with E-state index < -0.39 is 0 Å². The van der Waals surface area contributed by atoms with Crippen LogP contribution < -0.4 is 4.90 Å². The van der Waals surface area contributed by atoms with Crippen LogP contribution in [0.5, 0.6) is 0 Å². The van der Waals surface area contributed by atoms with Gasteiger partial charge in [-0.1, -0.05) is 72.0 Å². The van der Waals surface area contributed by atoms with Crippen molar-refractivity contribution in [3.05, 3.63) is 60.7 Å². The predicted octanol–water partition coefficient (Wildman–Crippen LogP) is 4.23. The number of nitrogens with zero attached hydrogens (tertiary/aromatic N) is 3. The molecule has 0 saturated carbocycles. The van der Waals surface area contributed by atoms with Crippen molar-refractivity contribution in [3.63, 3.8) is 0 Å². The smallest absolute Gasteiger partial charge is 0.186 e. The Kier molecular flexibility index (Phi) is 4.32. The van der Waals surface area contributed by atoms with Crippen LogP contribution in [0.1, 0.15) is 0 Å². The van der Waals surface area contributed by atoms with E-state index in [1.807, 2.05) is 11.3 Å². The topological polar surface area (TPSA) is 19.4 Å². The first-order valence-corrected chi connectivity index (χ1v) is 9.18. The van der Waals surface area contributed by atoms with E-state index in [1.165, 1.54) is 16.0 Å². The van der Waals surface area contributed by atoms with Crippen molar-refractivity contribution in [2.75, 3.05) is 38.1 Å². The summed E-state index contributed by atoms with van der Waals surface area (Å²) in [5.41, 5.74) is 3.53. The molecule has 1 saturated heterocycles. The molecular formula is C20H21N3S. The van der Waals surface area contributed by atoms with Crippen molar-refractivity contribution in [3.8, 4) is 21.7 Å². The molecule has 1 aliphatic heterocycles.